The summed E-state index contributed by atoms with van der Waals surface area (Å²) in [5.41, 5.74) is 9.41. The summed E-state index contributed by atoms with van der Waals surface area (Å²) in [5.74, 6) is 0.401. The zero-order valence-electron chi connectivity index (χ0n) is 21.3. The van der Waals surface area contributed by atoms with E-state index >= 15 is 0 Å². The van der Waals surface area contributed by atoms with Crippen LogP contribution in [-0.2, 0) is 10.8 Å². The number of halogens is 1. The number of hydrogen-bond donors (Lipinski definition) is 0. The highest BCUT2D eigenvalue weighted by molar-refractivity contribution is 6.30. The van der Waals surface area contributed by atoms with Crippen LogP contribution in [0.25, 0.3) is 0 Å². The molecule has 1 aliphatic carbocycles. The van der Waals surface area contributed by atoms with Gasteiger partial charge >= 0.3 is 0 Å². The van der Waals surface area contributed by atoms with Gasteiger partial charge in [-0.05, 0) is 56.2 Å². The molecule has 34 heavy (non-hydrogen) atoms. The first-order valence-electron chi connectivity index (χ1n) is 12.4. The summed E-state index contributed by atoms with van der Waals surface area (Å²) >= 11 is 6.97. The van der Waals surface area contributed by atoms with Gasteiger partial charge in [0.1, 0.15) is 7.05 Å². The van der Waals surface area contributed by atoms with Crippen molar-refractivity contribution in [1.82, 2.24) is 0 Å². The second-order valence-corrected chi connectivity index (χ2v) is 11.5. The fourth-order valence-electron chi connectivity index (χ4n) is 6.33. The number of anilines is 1. The molecular weight excluding hydrogens is 436 g/mol. The molecule has 0 N–H and O–H groups in total. The summed E-state index contributed by atoms with van der Waals surface area (Å²) in [6.45, 7) is 9.28. The molecule has 0 fully saturated rings. The van der Waals surface area contributed by atoms with E-state index in [2.05, 4.69) is 118 Å². The fourth-order valence-corrected chi connectivity index (χ4v) is 6.69. The van der Waals surface area contributed by atoms with E-state index in [1.165, 1.54) is 39.5 Å². The highest BCUT2D eigenvalue weighted by Crippen LogP contribution is 2.48. The molecule has 2 aromatic carbocycles. The van der Waals surface area contributed by atoms with Crippen LogP contribution in [0.2, 0.25) is 0 Å². The second-order valence-electron chi connectivity index (χ2n) is 11.1. The predicted molar refractivity (Wildman–Crippen MR) is 146 cm³/mol. The van der Waals surface area contributed by atoms with Crippen LogP contribution in [0.1, 0.15) is 58.1 Å². The third-order valence-corrected chi connectivity index (χ3v) is 8.90. The lowest BCUT2D eigenvalue weighted by Gasteiger charge is -2.25. The van der Waals surface area contributed by atoms with Crippen molar-refractivity contribution in [2.45, 2.75) is 57.8 Å². The maximum absolute atomic E-state index is 6.97. The van der Waals surface area contributed by atoms with Gasteiger partial charge in [-0.1, -0.05) is 74.0 Å². The largest absolute Gasteiger partial charge is 0.347 e. The van der Waals surface area contributed by atoms with Gasteiger partial charge < -0.3 is 4.90 Å². The molecule has 2 nitrogen and oxygen atoms in total. The zero-order valence-corrected chi connectivity index (χ0v) is 22.1. The van der Waals surface area contributed by atoms with Crippen molar-refractivity contribution >= 4 is 28.7 Å². The topological polar surface area (TPSA) is 6.25 Å². The molecule has 0 amide bonds. The van der Waals surface area contributed by atoms with Gasteiger partial charge in [-0.3, -0.25) is 0 Å². The molecule has 0 saturated heterocycles. The minimum Gasteiger partial charge on any atom is -0.347 e. The Hall–Kier alpha value is -2.58. The van der Waals surface area contributed by atoms with Crippen LogP contribution in [0.3, 0.4) is 0 Å². The number of hydrogen-bond acceptors (Lipinski definition) is 1. The highest BCUT2D eigenvalue weighted by Gasteiger charge is 2.42. The first-order chi connectivity index (χ1) is 16.1. The minimum atomic E-state index is -0.00898. The summed E-state index contributed by atoms with van der Waals surface area (Å²) in [6.07, 6.45) is 10.2. The van der Waals surface area contributed by atoms with Gasteiger partial charge in [0.2, 0.25) is 5.69 Å². The number of fused-ring (bicyclic) bond motifs is 2. The molecule has 176 valence electrons. The van der Waals surface area contributed by atoms with Crippen LogP contribution in [0.4, 0.5) is 11.4 Å². The van der Waals surface area contributed by atoms with Gasteiger partial charge in [0, 0.05) is 46.6 Å². The van der Waals surface area contributed by atoms with Crippen LogP contribution in [0.15, 0.2) is 83.1 Å². The third kappa shape index (κ3) is 3.50. The summed E-state index contributed by atoms with van der Waals surface area (Å²) < 4.78 is 2.33. The van der Waals surface area contributed by atoms with Gasteiger partial charge in [0.25, 0.3) is 0 Å². The van der Waals surface area contributed by atoms with Crippen LogP contribution in [0, 0.1) is 5.92 Å². The highest BCUT2D eigenvalue weighted by atomic mass is 35.5. The van der Waals surface area contributed by atoms with E-state index in [1.807, 2.05) is 0 Å². The van der Waals surface area contributed by atoms with Crippen molar-refractivity contribution in [3.63, 3.8) is 0 Å². The molecule has 0 saturated carbocycles. The van der Waals surface area contributed by atoms with E-state index in [9.17, 15) is 0 Å². The van der Waals surface area contributed by atoms with Gasteiger partial charge in [0.15, 0.2) is 5.71 Å². The Kier molecular flexibility index (Phi) is 5.64. The summed E-state index contributed by atoms with van der Waals surface area (Å²) in [5, 5.41) is 1.04. The van der Waals surface area contributed by atoms with Crippen LogP contribution in [-0.4, -0.2) is 24.4 Å². The molecule has 5 rings (SSSR count). The normalized spacial score (nSPS) is 24.0. The van der Waals surface area contributed by atoms with Crippen LogP contribution < -0.4 is 4.90 Å². The van der Waals surface area contributed by atoms with Crippen molar-refractivity contribution in [3.05, 3.63) is 94.2 Å². The number of rotatable bonds is 4. The molecule has 2 aliphatic heterocycles. The third-order valence-electron chi connectivity index (χ3n) is 8.35. The number of benzene rings is 2. The molecule has 0 spiro atoms. The minimum absolute atomic E-state index is 0.00898. The first-order valence-corrected chi connectivity index (χ1v) is 12.8. The van der Waals surface area contributed by atoms with Gasteiger partial charge in [-0.25, -0.2) is 0 Å². The fraction of sp³-hybridized carbons (Fsp3) is 0.387. The SMILES string of the molecule is CN1/C(=C/CC2CCC(/C=C/C3=[N+](C)c4ccccc4C3(C)C)=C2Cl)C(C)(C)c2ccccc21. The van der Waals surface area contributed by atoms with E-state index in [-0.39, 0.29) is 10.8 Å². The molecular formula is C31H36ClN2+. The summed E-state index contributed by atoms with van der Waals surface area (Å²) in [4.78, 5) is 2.36. The Balaban J connectivity index is 1.36. The molecule has 0 bridgehead atoms. The molecule has 2 aromatic rings. The lowest BCUT2D eigenvalue weighted by Crippen LogP contribution is -2.26. The van der Waals surface area contributed by atoms with E-state index in [0.717, 1.165) is 24.3 Å². The van der Waals surface area contributed by atoms with E-state index in [1.54, 1.807) is 0 Å². The maximum Gasteiger partial charge on any atom is 0.209 e. The zero-order chi connectivity index (χ0) is 24.3. The lowest BCUT2D eigenvalue weighted by molar-refractivity contribution is -0.401. The summed E-state index contributed by atoms with van der Waals surface area (Å²) in [7, 11) is 4.36. The van der Waals surface area contributed by atoms with Crippen molar-refractivity contribution in [2.75, 3.05) is 19.0 Å². The molecule has 1 unspecified atom stereocenters. The number of para-hydroxylation sites is 2. The number of likely N-dealkylation sites (N-methyl/N-ethyl adjacent to an activating group) is 1. The molecule has 1 atom stereocenters. The van der Waals surface area contributed by atoms with E-state index < -0.39 is 0 Å². The quantitative estimate of drug-likeness (QED) is 0.411. The average molecular weight is 472 g/mol. The van der Waals surface area contributed by atoms with Gasteiger partial charge in [0.05, 0.1) is 5.41 Å². The second kappa shape index (κ2) is 8.27. The molecule has 0 radical (unpaired) electrons. The van der Waals surface area contributed by atoms with Gasteiger partial charge in [-0.15, -0.1) is 0 Å². The van der Waals surface area contributed by atoms with Crippen molar-refractivity contribution in [3.8, 4) is 0 Å². The maximum atomic E-state index is 6.97. The molecule has 2 heterocycles. The van der Waals surface area contributed by atoms with Crippen LogP contribution >= 0.6 is 11.6 Å². The molecule has 3 aliphatic rings. The number of nitrogens with zero attached hydrogens (tertiary/aromatic N) is 2. The van der Waals surface area contributed by atoms with Crippen LogP contribution in [0.5, 0.6) is 0 Å². The molecule has 3 heteroatoms. The first kappa shape index (κ1) is 23.2. The monoisotopic (exact) mass is 471 g/mol. The predicted octanol–water partition coefficient (Wildman–Crippen LogP) is 7.85. The smallest absolute Gasteiger partial charge is 0.209 e. The van der Waals surface area contributed by atoms with Gasteiger partial charge in [-0.2, -0.15) is 4.58 Å². The Morgan fingerprint density at radius 1 is 0.971 bits per heavy atom. The van der Waals surface area contributed by atoms with Crippen molar-refractivity contribution in [1.29, 1.82) is 0 Å². The van der Waals surface area contributed by atoms with E-state index in [4.69, 9.17) is 11.6 Å². The Labute approximate surface area is 210 Å². The van der Waals surface area contributed by atoms with Crippen molar-refractivity contribution < 1.29 is 4.58 Å². The Morgan fingerprint density at radius 3 is 2.35 bits per heavy atom. The standard InChI is InChI=1S/C31H36ClN2/c1-30(2)23-11-7-9-13-25(23)33(5)27(30)19-17-21-15-16-22(29(21)32)18-20-28-31(3,4)24-12-8-10-14-26(24)34(28)6/h7-14,17,19-20,22H,15-16,18H2,1-6H3/q+1/b19-17+,28-20+. The number of allylic oxidation sites excluding steroid dienone is 6. The lowest BCUT2D eigenvalue weighted by atomic mass is 9.81. The Morgan fingerprint density at radius 2 is 1.65 bits per heavy atom. The average Bonchev–Trinajstić information content (AvgIpc) is 3.33. The van der Waals surface area contributed by atoms with E-state index in [0.29, 0.717) is 5.92 Å². The summed E-state index contributed by atoms with van der Waals surface area (Å²) in [6, 6.07) is 17.5. The van der Waals surface area contributed by atoms with Crippen molar-refractivity contribution in [2.24, 2.45) is 5.92 Å². The Bertz CT molecular complexity index is 1270. The molecule has 0 aromatic heterocycles.